The van der Waals surface area contributed by atoms with Crippen LogP contribution in [0.15, 0.2) is 59.7 Å². The summed E-state index contributed by atoms with van der Waals surface area (Å²) in [5, 5.41) is 6.41. The summed E-state index contributed by atoms with van der Waals surface area (Å²) in [7, 11) is 1.76. The molecule has 0 unspecified atom stereocenters. The van der Waals surface area contributed by atoms with Gasteiger partial charge in [-0.1, -0.05) is 12.1 Å². The standard InChI is InChI=1S/C36H42N6O3S/c1-24-29(7-5-8-30(24)39-35(43)33-21-25-6-3-4-9-32(25)46-33)26-20-31(36(44)40(2)23-26)38-34-11-10-28(22-37-34)41-14-12-27(13-15-41)42-16-18-45-19-17-42/h5,7-8,10-11,20-23,27H,3-4,6,9,12-19H2,1-2H3,(H,37,38)(H,39,43). The lowest BCUT2D eigenvalue weighted by atomic mass is 9.99. The number of ether oxygens (including phenoxy) is 1. The molecule has 7 rings (SSSR count). The van der Waals surface area contributed by atoms with Crippen LogP contribution in [0.3, 0.4) is 0 Å². The molecule has 2 fully saturated rings. The Bertz CT molecular complexity index is 1740. The number of anilines is 4. The maximum atomic E-state index is 13.2. The average Bonchev–Trinajstić information content (AvgIpc) is 3.53. The number of amides is 1. The maximum absolute atomic E-state index is 13.2. The van der Waals surface area contributed by atoms with Crippen LogP contribution in [0.25, 0.3) is 11.1 Å². The summed E-state index contributed by atoms with van der Waals surface area (Å²) in [6, 6.07) is 14.5. The van der Waals surface area contributed by atoms with E-state index in [0.717, 1.165) is 98.0 Å². The zero-order valence-electron chi connectivity index (χ0n) is 26.7. The number of thiophene rings is 1. The fourth-order valence-electron chi connectivity index (χ4n) is 7.04. The summed E-state index contributed by atoms with van der Waals surface area (Å²) in [6.07, 6.45) is 10.5. The van der Waals surface area contributed by atoms with Crippen molar-refractivity contribution >= 4 is 40.1 Å². The van der Waals surface area contributed by atoms with Gasteiger partial charge in [-0.3, -0.25) is 14.5 Å². The van der Waals surface area contributed by atoms with Crippen molar-refractivity contribution in [3.8, 4) is 11.1 Å². The fraction of sp³-hybridized carbons (Fsp3) is 0.417. The molecule has 5 heterocycles. The second-order valence-electron chi connectivity index (χ2n) is 12.7. The van der Waals surface area contributed by atoms with E-state index >= 15 is 0 Å². The van der Waals surface area contributed by atoms with Gasteiger partial charge in [-0.2, -0.15) is 0 Å². The van der Waals surface area contributed by atoms with Crippen molar-refractivity contribution in [1.82, 2.24) is 14.5 Å². The molecule has 46 heavy (non-hydrogen) atoms. The molecule has 3 aliphatic rings. The van der Waals surface area contributed by atoms with E-state index in [-0.39, 0.29) is 11.5 Å². The van der Waals surface area contributed by atoms with Gasteiger partial charge in [0.1, 0.15) is 11.5 Å². The van der Waals surface area contributed by atoms with Gasteiger partial charge in [0.25, 0.3) is 11.5 Å². The lowest BCUT2D eigenvalue weighted by Gasteiger charge is -2.40. The van der Waals surface area contributed by atoms with E-state index in [4.69, 9.17) is 4.74 Å². The molecule has 2 N–H and O–H groups in total. The number of carbonyl (C=O) groups excluding carboxylic acids is 1. The van der Waals surface area contributed by atoms with Gasteiger partial charge in [0.05, 0.1) is 30.0 Å². The minimum absolute atomic E-state index is 0.0709. The smallest absolute Gasteiger partial charge is 0.274 e. The van der Waals surface area contributed by atoms with E-state index in [1.807, 2.05) is 49.6 Å². The fourth-order valence-corrected chi connectivity index (χ4v) is 8.18. The molecular weight excluding hydrogens is 597 g/mol. The molecule has 0 radical (unpaired) electrons. The van der Waals surface area contributed by atoms with E-state index in [2.05, 4.69) is 37.6 Å². The molecule has 4 aromatic rings. The van der Waals surface area contributed by atoms with Crippen molar-refractivity contribution in [3.05, 3.63) is 86.1 Å². The van der Waals surface area contributed by atoms with E-state index in [1.54, 1.807) is 23.0 Å². The zero-order chi connectivity index (χ0) is 31.6. The first-order chi connectivity index (χ1) is 22.4. The first kappa shape index (κ1) is 30.7. The molecule has 2 saturated heterocycles. The van der Waals surface area contributed by atoms with E-state index in [9.17, 15) is 9.59 Å². The van der Waals surface area contributed by atoms with Gasteiger partial charge in [0.2, 0.25) is 0 Å². The number of hydrogen-bond acceptors (Lipinski definition) is 8. The van der Waals surface area contributed by atoms with Crippen LogP contribution in [-0.2, 0) is 24.6 Å². The van der Waals surface area contributed by atoms with Crippen molar-refractivity contribution in [2.24, 2.45) is 7.05 Å². The number of aromatic nitrogens is 2. The number of benzene rings is 1. The number of nitrogens with zero attached hydrogens (tertiary/aromatic N) is 4. The molecule has 1 aromatic carbocycles. The van der Waals surface area contributed by atoms with Gasteiger partial charge in [-0.25, -0.2) is 4.98 Å². The summed E-state index contributed by atoms with van der Waals surface area (Å²) in [5.41, 5.74) is 6.28. The Kier molecular flexibility index (Phi) is 8.93. The highest BCUT2D eigenvalue weighted by atomic mass is 32.1. The molecule has 0 atom stereocenters. The topological polar surface area (TPSA) is 91.7 Å². The summed E-state index contributed by atoms with van der Waals surface area (Å²) in [5.74, 6) is 0.552. The molecule has 240 valence electrons. The molecule has 3 aromatic heterocycles. The number of carbonyl (C=O) groups is 1. The number of piperidine rings is 1. The number of rotatable bonds is 7. The molecule has 1 aliphatic carbocycles. The summed E-state index contributed by atoms with van der Waals surface area (Å²) in [4.78, 5) is 38.1. The summed E-state index contributed by atoms with van der Waals surface area (Å²) in [6.45, 7) is 7.77. The van der Waals surface area contributed by atoms with Crippen LogP contribution in [-0.4, -0.2) is 65.8 Å². The average molecular weight is 639 g/mol. The predicted octanol–water partition coefficient (Wildman–Crippen LogP) is 5.99. The zero-order valence-corrected chi connectivity index (χ0v) is 27.5. The first-order valence-corrected chi connectivity index (χ1v) is 17.3. The van der Waals surface area contributed by atoms with Crippen molar-refractivity contribution in [3.63, 3.8) is 0 Å². The highest BCUT2D eigenvalue weighted by molar-refractivity contribution is 7.14. The van der Waals surface area contributed by atoms with Crippen LogP contribution < -0.4 is 21.1 Å². The Morgan fingerprint density at radius 2 is 1.80 bits per heavy atom. The van der Waals surface area contributed by atoms with Crippen LogP contribution in [0, 0.1) is 6.92 Å². The maximum Gasteiger partial charge on any atom is 0.274 e. The van der Waals surface area contributed by atoms with Gasteiger partial charge in [0, 0.05) is 61.6 Å². The van der Waals surface area contributed by atoms with Crippen molar-refractivity contribution in [1.29, 1.82) is 0 Å². The summed E-state index contributed by atoms with van der Waals surface area (Å²) < 4.78 is 7.11. The number of pyridine rings is 2. The molecule has 2 aliphatic heterocycles. The van der Waals surface area contributed by atoms with Crippen LogP contribution in [0.4, 0.5) is 22.9 Å². The predicted molar refractivity (Wildman–Crippen MR) is 186 cm³/mol. The Hall–Kier alpha value is -3.99. The van der Waals surface area contributed by atoms with Gasteiger partial charge in [-0.05, 0) is 92.5 Å². The number of nitrogens with one attached hydrogen (secondary N) is 2. The molecule has 0 saturated carbocycles. The van der Waals surface area contributed by atoms with Crippen molar-refractivity contribution in [2.45, 2.75) is 51.5 Å². The highest BCUT2D eigenvalue weighted by Crippen LogP contribution is 2.33. The number of aryl methyl sites for hydroxylation is 3. The molecule has 1 amide bonds. The Morgan fingerprint density at radius 3 is 2.57 bits per heavy atom. The largest absolute Gasteiger partial charge is 0.379 e. The quantitative estimate of drug-likeness (QED) is 0.257. The van der Waals surface area contributed by atoms with Gasteiger partial charge in [0.15, 0.2) is 0 Å². The lowest BCUT2D eigenvalue weighted by molar-refractivity contribution is 0.0115. The molecule has 9 nitrogen and oxygen atoms in total. The molecule has 10 heteroatoms. The number of fused-ring (bicyclic) bond motifs is 1. The summed E-state index contributed by atoms with van der Waals surface area (Å²) >= 11 is 1.62. The van der Waals surface area contributed by atoms with Crippen LogP contribution in [0.2, 0.25) is 0 Å². The Balaban J connectivity index is 1.04. The third-order valence-corrected chi connectivity index (χ3v) is 10.9. The van der Waals surface area contributed by atoms with E-state index in [0.29, 0.717) is 17.5 Å². The Morgan fingerprint density at radius 1 is 1.00 bits per heavy atom. The monoisotopic (exact) mass is 638 g/mol. The minimum Gasteiger partial charge on any atom is -0.379 e. The molecule has 0 spiro atoms. The number of hydrogen-bond donors (Lipinski definition) is 2. The minimum atomic E-state index is -0.136. The number of morpholine rings is 1. The second kappa shape index (κ2) is 13.4. The second-order valence-corrected chi connectivity index (χ2v) is 13.8. The lowest BCUT2D eigenvalue weighted by Crippen LogP contribution is -2.49. The normalized spacial score (nSPS) is 17.5. The Labute approximate surface area is 274 Å². The molecule has 0 bridgehead atoms. The van der Waals surface area contributed by atoms with Crippen LogP contribution >= 0.6 is 11.3 Å². The highest BCUT2D eigenvalue weighted by Gasteiger charge is 2.26. The van der Waals surface area contributed by atoms with E-state index < -0.39 is 0 Å². The van der Waals surface area contributed by atoms with Crippen molar-refractivity contribution in [2.75, 3.05) is 54.9 Å². The molecular formula is C36H42N6O3S. The van der Waals surface area contributed by atoms with Gasteiger partial charge < -0.3 is 24.8 Å². The van der Waals surface area contributed by atoms with Gasteiger partial charge >= 0.3 is 0 Å². The third-order valence-electron chi connectivity index (χ3n) is 9.70. The van der Waals surface area contributed by atoms with Crippen molar-refractivity contribution < 1.29 is 9.53 Å². The van der Waals surface area contributed by atoms with Gasteiger partial charge in [-0.15, -0.1) is 11.3 Å². The first-order valence-electron chi connectivity index (χ1n) is 16.5. The SMILES string of the molecule is Cc1c(NC(=O)c2cc3c(s2)CCCC3)cccc1-c1cc(Nc2ccc(N3CCC(N4CCOCC4)CC3)cn2)c(=O)n(C)c1. The van der Waals surface area contributed by atoms with Crippen LogP contribution in [0.5, 0.6) is 0 Å². The van der Waals surface area contributed by atoms with E-state index in [1.165, 1.54) is 23.3 Å². The van der Waals surface area contributed by atoms with Crippen LogP contribution in [0.1, 0.15) is 51.4 Å². The third kappa shape index (κ3) is 6.47.